The molecule has 0 saturated heterocycles. The number of nitrogens with one attached hydrogen (secondary N) is 1. The predicted molar refractivity (Wildman–Crippen MR) is 66.4 cm³/mol. The Morgan fingerprint density at radius 2 is 2.17 bits per heavy atom. The van der Waals surface area contributed by atoms with E-state index in [9.17, 15) is 0 Å². The number of hydrogen-bond acceptors (Lipinski definition) is 4. The van der Waals surface area contributed by atoms with E-state index in [2.05, 4.69) is 20.0 Å². The summed E-state index contributed by atoms with van der Waals surface area (Å²) in [6.07, 6.45) is 0. The normalized spacial score (nSPS) is 10.2. The van der Waals surface area contributed by atoms with Gasteiger partial charge in [-0.25, -0.2) is 0 Å². The van der Waals surface area contributed by atoms with Crippen molar-refractivity contribution in [3.63, 3.8) is 0 Å². The van der Waals surface area contributed by atoms with Crippen molar-refractivity contribution in [3.8, 4) is 6.01 Å². The molecule has 18 heavy (non-hydrogen) atoms. The summed E-state index contributed by atoms with van der Waals surface area (Å²) in [6.45, 7) is 1.56. The standard InChI is InChI=1S/C11H13N5O2/c12-16-13-5-6-17-7-8-18-11-14-9-3-1-2-4-10(9)15-11/h1-4H,5-8H2,(H,14,15). The van der Waals surface area contributed by atoms with Crippen LogP contribution in [0.15, 0.2) is 29.4 Å². The van der Waals surface area contributed by atoms with E-state index in [1.165, 1.54) is 0 Å². The first-order chi connectivity index (χ1) is 8.90. The zero-order valence-corrected chi connectivity index (χ0v) is 9.74. The minimum absolute atomic E-state index is 0.334. The molecule has 94 valence electrons. The molecular formula is C11H13N5O2. The highest BCUT2D eigenvalue weighted by Gasteiger charge is 2.01. The van der Waals surface area contributed by atoms with E-state index in [0.717, 1.165) is 11.0 Å². The Labute approximate surface area is 103 Å². The molecule has 0 saturated carbocycles. The van der Waals surface area contributed by atoms with E-state index < -0.39 is 0 Å². The van der Waals surface area contributed by atoms with Gasteiger partial charge in [0.25, 0.3) is 6.01 Å². The average Bonchev–Trinajstić information content (AvgIpc) is 2.80. The van der Waals surface area contributed by atoms with E-state index in [1.807, 2.05) is 24.3 Å². The van der Waals surface area contributed by atoms with Crippen LogP contribution in [-0.2, 0) is 4.74 Å². The molecule has 1 aromatic carbocycles. The van der Waals surface area contributed by atoms with Crippen LogP contribution in [0, 0.1) is 0 Å². The van der Waals surface area contributed by atoms with Crippen LogP contribution in [0.5, 0.6) is 6.01 Å². The maximum atomic E-state index is 8.05. The van der Waals surface area contributed by atoms with E-state index >= 15 is 0 Å². The Hall–Kier alpha value is -2.24. The molecule has 1 N–H and O–H groups in total. The number of aromatic amines is 1. The lowest BCUT2D eigenvalue weighted by Crippen LogP contribution is -2.09. The molecule has 1 aromatic heterocycles. The van der Waals surface area contributed by atoms with Crippen LogP contribution in [-0.4, -0.2) is 36.3 Å². The first-order valence-corrected chi connectivity index (χ1v) is 5.56. The number of imidazole rings is 1. The molecule has 0 unspecified atom stereocenters. The fraction of sp³-hybridized carbons (Fsp3) is 0.364. The van der Waals surface area contributed by atoms with E-state index in [0.29, 0.717) is 32.4 Å². The smallest absolute Gasteiger partial charge is 0.294 e. The Morgan fingerprint density at radius 3 is 3.00 bits per heavy atom. The van der Waals surface area contributed by atoms with Crippen LogP contribution in [0.4, 0.5) is 0 Å². The zero-order valence-electron chi connectivity index (χ0n) is 9.74. The summed E-state index contributed by atoms with van der Waals surface area (Å²) >= 11 is 0. The van der Waals surface area contributed by atoms with Gasteiger partial charge in [-0.3, -0.25) is 0 Å². The highest BCUT2D eigenvalue weighted by molar-refractivity contribution is 5.75. The molecule has 0 fully saturated rings. The van der Waals surface area contributed by atoms with Crippen molar-refractivity contribution in [1.82, 2.24) is 9.97 Å². The van der Waals surface area contributed by atoms with Crippen LogP contribution in [0.1, 0.15) is 0 Å². The zero-order chi connectivity index (χ0) is 12.6. The molecule has 0 radical (unpaired) electrons. The third-order valence-corrected chi connectivity index (χ3v) is 2.23. The second-order valence-corrected chi connectivity index (χ2v) is 3.47. The van der Waals surface area contributed by atoms with Crippen molar-refractivity contribution in [2.75, 3.05) is 26.4 Å². The molecule has 2 rings (SSSR count). The van der Waals surface area contributed by atoms with Gasteiger partial charge in [-0.2, -0.15) is 4.98 Å². The molecule has 0 bridgehead atoms. The van der Waals surface area contributed by atoms with Crippen molar-refractivity contribution >= 4 is 11.0 Å². The van der Waals surface area contributed by atoms with Crippen LogP contribution >= 0.6 is 0 Å². The quantitative estimate of drug-likeness (QED) is 0.352. The van der Waals surface area contributed by atoms with Crippen LogP contribution in [0.3, 0.4) is 0 Å². The summed E-state index contributed by atoms with van der Waals surface area (Å²) in [6, 6.07) is 8.19. The summed E-state index contributed by atoms with van der Waals surface area (Å²) in [5.74, 6) is 0. The highest BCUT2D eigenvalue weighted by atomic mass is 16.5. The fourth-order valence-corrected chi connectivity index (χ4v) is 1.45. The van der Waals surface area contributed by atoms with Gasteiger partial charge in [0, 0.05) is 11.5 Å². The lowest BCUT2D eigenvalue weighted by Gasteiger charge is -2.02. The van der Waals surface area contributed by atoms with Crippen LogP contribution in [0.25, 0.3) is 21.5 Å². The Balaban J connectivity index is 1.71. The average molecular weight is 247 g/mol. The number of azide groups is 1. The maximum Gasteiger partial charge on any atom is 0.294 e. The van der Waals surface area contributed by atoms with Gasteiger partial charge in [-0.05, 0) is 17.7 Å². The van der Waals surface area contributed by atoms with Gasteiger partial charge in [0.15, 0.2) is 0 Å². The molecule has 0 spiro atoms. The number of rotatable bonds is 7. The largest absolute Gasteiger partial charge is 0.462 e. The molecule has 7 heteroatoms. The molecule has 1 heterocycles. The molecule has 2 aromatic rings. The Morgan fingerprint density at radius 1 is 1.28 bits per heavy atom. The van der Waals surface area contributed by atoms with Gasteiger partial charge in [-0.1, -0.05) is 17.2 Å². The molecule has 0 atom stereocenters. The second kappa shape index (κ2) is 6.48. The summed E-state index contributed by atoms with van der Waals surface area (Å²) < 4.78 is 10.6. The molecular weight excluding hydrogens is 234 g/mol. The van der Waals surface area contributed by atoms with Gasteiger partial charge in [0.05, 0.1) is 24.2 Å². The number of hydrogen-bond donors (Lipinski definition) is 1. The molecule has 7 nitrogen and oxygen atoms in total. The fourth-order valence-electron chi connectivity index (χ4n) is 1.45. The predicted octanol–water partition coefficient (Wildman–Crippen LogP) is 2.27. The van der Waals surface area contributed by atoms with E-state index in [1.54, 1.807) is 0 Å². The summed E-state index contributed by atoms with van der Waals surface area (Å²) in [4.78, 5) is 9.94. The SMILES string of the molecule is [N-]=[N+]=NCCOCCOc1nc2ccccc2[nH]1. The summed E-state index contributed by atoms with van der Waals surface area (Å²) in [5, 5.41) is 3.35. The monoisotopic (exact) mass is 247 g/mol. The number of H-pyrrole nitrogens is 1. The molecule has 0 aliphatic rings. The lowest BCUT2D eigenvalue weighted by molar-refractivity contribution is 0.103. The topological polar surface area (TPSA) is 95.9 Å². The number of ether oxygens (including phenoxy) is 2. The minimum atomic E-state index is 0.334. The summed E-state index contributed by atoms with van der Waals surface area (Å²) in [7, 11) is 0. The van der Waals surface area contributed by atoms with Gasteiger partial charge in [0.2, 0.25) is 0 Å². The minimum Gasteiger partial charge on any atom is -0.462 e. The second-order valence-electron chi connectivity index (χ2n) is 3.47. The van der Waals surface area contributed by atoms with Crippen molar-refractivity contribution in [3.05, 3.63) is 34.7 Å². The number of fused-ring (bicyclic) bond motifs is 1. The first kappa shape index (κ1) is 12.2. The number of aromatic nitrogens is 2. The Kier molecular flexibility index (Phi) is 4.40. The van der Waals surface area contributed by atoms with Crippen molar-refractivity contribution in [2.24, 2.45) is 5.11 Å². The van der Waals surface area contributed by atoms with E-state index in [4.69, 9.17) is 15.0 Å². The maximum absolute atomic E-state index is 8.05. The summed E-state index contributed by atoms with van der Waals surface area (Å²) in [5.41, 5.74) is 9.87. The van der Waals surface area contributed by atoms with Gasteiger partial charge >= 0.3 is 0 Å². The molecule has 0 aliphatic heterocycles. The van der Waals surface area contributed by atoms with Gasteiger partial charge in [-0.15, -0.1) is 0 Å². The number of nitrogens with zero attached hydrogens (tertiary/aromatic N) is 4. The molecule has 0 aliphatic carbocycles. The van der Waals surface area contributed by atoms with Gasteiger partial charge in [0.1, 0.15) is 6.61 Å². The highest BCUT2D eigenvalue weighted by Crippen LogP contribution is 2.14. The third-order valence-electron chi connectivity index (χ3n) is 2.23. The van der Waals surface area contributed by atoms with Gasteiger partial charge < -0.3 is 14.5 Å². The third kappa shape index (κ3) is 3.38. The van der Waals surface area contributed by atoms with E-state index in [-0.39, 0.29) is 0 Å². The van der Waals surface area contributed by atoms with Crippen LogP contribution < -0.4 is 4.74 Å². The van der Waals surface area contributed by atoms with Crippen LogP contribution in [0.2, 0.25) is 0 Å². The Bertz CT molecular complexity index is 514. The number of para-hydroxylation sites is 2. The number of benzene rings is 1. The van der Waals surface area contributed by atoms with Crippen molar-refractivity contribution < 1.29 is 9.47 Å². The van der Waals surface area contributed by atoms with Crippen molar-refractivity contribution in [2.45, 2.75) is 0 Å². The van der Waals surface area contributed by atoms with Crippen molar-refractivity contribution in [1.29, 1.82) is 0 Å². The molecule has 0 amide bonds. The lowest BCUT2D eigenvalue weighted by atomic mass is 10.3. The first-order valence-electron chi connectivity index (χ1n) is 5.56.